The molecule has 0 spiro atoms. The van der Waals surface area contributed by atoms with Crippen molar-refractivity contribution in [1.29, 1.82) is 5.26 Å². The molecular weight excluding hydrogens is 376 g/mol. The van der Waals surface area contributed by atoms with Gasteiger partial charge < -0.3 is 4.74 Å². The van der Waals surface area contributed by atoms with Crippen LogP contribution in [0.5, 0.6) is 5.75 Å². The fourth-order valence-corrected chi connectivity index (χ4v) is 4.16. The predicted molar refractivity (Wildman–Crippen MR) is 95.3 cm³/mol. The van der Waals surface area contributed by atoms with Crippen LogP contribution in [0.3, 0.4) is 0 Å². The molecule has 2 aromatic carbocycles. The predicted octanol–water partition coefficient (Wildman–Crippen LogP) is 2.83. The molecular formula is C18H15ClN2O4S. The van der Waals surface area contributed by atoms with Gasteiger partial charge in [0, 0.05) is 5.92 Å². The van der Waals surface area contributed by atoms with E-state index in [1.165, 1.54) is 12.1 Å². The summed E-state index contributed by atoms with van der Waals surface area (Å²) in [7, 11) is -2.51. The fraction of sp³-hybridized carbons (Fsp3) is 0.222. The van der Waals surface area contributed by atoms with Gasteiger partial charge >= 0.3 is 0 Å². The Balaban J connectivity index is 1.74. The standard InChI is InChI=1S/C18H15ClN2O4S/c1-25-17-5-3-2-4-13(17)14-9-15(14)18(22)21-26(23,24)12-7-6-11(10-20)16(19)8-12/h2-8,14-15H,9H2,1H3,(H,21,22)/t14-,15+/m1/s1. The van der Waals surface area contributed by atoms with Crippen LogP contribution in [0, 0.1) is 17.2 Å². The van der Waals surface area contributed by atoms with Gasteiger partial charge in [-0.05, 0) is 42.2 Å². The summed E-state index contributed by atoms with van der Waals surface area (Å²) in [6, 6.07) is 12.9. The number of nitrogens with one attached hydrogen (secondary N) is 1. The molecule has 6 nitrogen and oxygen atoms in total. The van der Waals surface area contributed by atoms with Gasteiger partial charge in [0.05, 0.1) is 22.6 Å². The molecule has 1 aliphatic carbocycles. The first-order chi connectivity index (χ1) is 12.4. The van der Waals surface area contributed by atoms with E-state index < -0.39 is 21.8 Å². The highest BCUT2D eigenvalue weighted by Gasteiger charge is 2.46. The van der Waals surface area contributed by atoms with E-state index in [4.69, 9.17) is 21.6 Å². The van der Waals surface area contributed by atoms with Gasteiger partial charge in [0.25, 0.3) is 10.0 Å². The summed E-state index contributed by atoms with van der Waals surface area (Å²) >= 11 is 5.87. The average Bonchev–Trinajstić information content (AvgIpc) is 3.42. The Hall–Kier alpha value is -2.56. The van der Waals surface area contributed by atoms with Gasteiger partial charge in [-0.3, -0.25) is 4.79 Å². The lowest BCUT2D eigenvalue weighted by atomic mass is 10.1. The van der Waals surface area contributed by atoms with Crippen molar-refractivity contribution in [3.05, 3.63) is 58.6 Å². The molecule has 0 aliphatic heterocycles. The van der Waals surface area contributed by atoms with Crippen molar-refractivity contribution in [2.24, 2.45) is 5.92 Å². The summed E-state index contributed by atoms with van der Waals surface area (Å²) in [4.78, 5) is 12.2. The molecule has 1 aliphatic rings. The van der Waals surface area contributed by atoms with Gasteiger partial charge in [-0.1, -0.05) is 29.8 Å². The summed E-state index contributed by atoms with van der Waals surface area (Å²) in [5.74, 6) is -0.406. The molecule has 0 radical (unpaired) electrons. The summed E-state index contributed by atoms with van der Waals surface area (Å²) in [6.07, 6.45) is 0.551. The molecule has 8 heteroatoms. The van der Waals surface area contributed by atoms with E-state index in [0.29, 0.717) is 12.2 Å². The topological polar surface area (TPSA) is 96.3 Å². The van der Waals surface area contributed by atoms with Crippen molar-refractivity contribution >= 4 is 27.5 Å². The first-order valence-corrected chi connectivity index (χ1v) is 9.62. The van der Waals surface area contributed by atoms with E-state index in [1.807, 2.05) is 24.3 Å². The molecule has 134 valence electrons. The highest BCUT2D eigenvalue weighted by molar-refractivity contribution is 7.90. The molecule has 1 fully saturated rings. The smallest absolute Gasteiger partial charge is 0.264 e. The Labute approximate surface area is 156 Å². The number of nitrogens with zero attached hydrogens (tertiary/aromatic N) is 1. The Kier molecular flexibility index (Phi) is 4.90. The highest BCUT2D eigenvalue weighted by atomic mass is 35.5. The minimum absolute atomic E-state index is 0.0149. The number of para-hydroxylation sites is 1. The Morgan fingerprint density at radius 1 is 1.31 bits per heavy atom. The van der Waals surface area contributed by atoms with Gasteiger partial charge in [0.15, 0.2) is 0 Å². The van der Waals surface area contributed by atoms with Crippen LogP contribution in [0.25, 0.3) is 0 Å². The third-order valence-corrected chi connectivity index (χ3v) is 5.93. The monoisotopic (exact) mass is 390 g/mol. The molecule has 3 rings (SSSR count). The van der Waals surface area contributed by atoms with E-state index in [0.717, 1.165) is 11.6 Å². The molecule has 1 amide bonds. The first kappa shape index (κ1) is 18.2. The van der Waals surface area contributed by atoms with Crippen LogP contribution >= 0.6 is 11.6 Å². The fourth-order valence-electron chi connectivity index (χ4n) is 2.82. The third kappa shape index (κ3) is 3.52. The van der Waals surface area contributed by atoms with Crippen molar-refractivity contribution in [1.82, 2.24) is 4.72 Å². The number of hydrogen-bond donors (Lipinski definition) is 1. The number of rotatable bonds is 5. The average molecular weight is 391 g/mol. The quantitative estimate of drug-likeness (QED) is 0.846. The van der Waals surface area contributed by atoms with Crippen molar-refractivity contribution in [3.8, 4) is 11.8 Å². The van der Waals surface area contributed by atoms with Crippen molar-refractivity contribution in [2.45, 2.75) is 17.2 Å². The van der Waals surface area contributed by atoms with Crippen molar-refractivity contribution in [3.63, 3.8) is 0 Å². The molecule has 2 aromatic rings. The Morgan fingerprint density at radius 2 is 2.04 bits per heavy atom. The van der Waals surface area contributed by atoms with Crippen LogP contribution in [0.4, 0.5) is 0 Å². The van der Waals surface area contributed by atoms with Crippen LogP contribution in [0.15, 0.2) is 47.4 Å². The number of halogens is 1. The summed E-state index contributed by atoms with van der Waals surface area (Å²) in [5, 5.41) is 8.87. The minimum Gasteiger partial charge on any atom is -0.496 e. The molecule has 2 atom stereocenters. The maximum atomic E-state index is 12.4. The van der Waals surface area contributed by atoms with Gasteiger partial charge in [-0.15, -0.1) is 0 Å². The van der Waals surface area contributed by atoms with E-state index in [2.05, 4.69) is 4.72 Å². The summed E-state index contributed by atoms with van der Waals surface area (Å²) in [6.45, 7) is 0. The number of amides is 1. The number of hydrogen-bond acceptors (Lipinski definition) is 5. The molecule has 1 saturated carbocycles. The van der Waals surface area contributed by atoms with Gasteiger partial charge in [-0.2, -0.15) is 5.26 Å². The van der Waals surface area contributed by atoms with Crippen LogP contribution in [0.1, 0.15) is 23.5 Å². The third-order valence-electron chi connectivity index (χ3n) is 4.27. The van der Waals surface area contributed by atoms with E-state index in [1.54, 1.807) is 13.2 Å². The van der Waals surface area contributed by atoms with Crippen LogP contribution in [-0.2, 0) is 14.8 Å². The zero-order chi connectivity index (χ0) is 18.9. The number of nitriles is 1. The van der Waals surface area contributed by atoms with Gasteiger partial charge in [-0.25, -0.2) is 13.1 Å². The number of ether oxygens (including phenoxy) is 1. The van der Waals surface area contributed by atoms with Crippen molar-refractivity contribution in [2.75, 3.05) is 7.11 Å². The van der Waals surface area contributed by atoms with Crippen LogP contribution in [-0.4, -0.2) is 21.4 Å². The second-order valence-corrected chi connectivity index (χ2v) is 8.00. The normalized spacial score (nSPS) is 18.7. The SMILES string of the molecule is COc1ccccc1[C@H]1C[C@@H]1C(=O)NS(=O)(=O)c1ccc(C#N)c(Cl)c1. The van der Waals surface area contributed by atoms with Crippen molar-refractivity contribution < 1.29 is 17.9 Å². The zero-order valence-electron chi connectivity index (χ0n) is 13.8. The Bertz CT molecular complexity index is 1010. The second-order valence-electron chi connectivity index (χ2n) is 5.91. The number of methoxy groups -OCH3 is 1. The first-order valence-electron chi connectivity index (χ1n) is 7.76. The zero-order valence-corrected chi connectivity index (χ0v) is 15.3. The summed E-state index contributed by atoms with van der Waals surface area (Å²) < 4.78 is 32.2. The molecule has 0 aromatic heterocycles. The van der Waals surface area contributed by atoms with Crippen LogP contribution in [0.2, 0.25) is 5.02 Å². The van der Waals surface area contributed by atoms with E-state index in [9.17, 15) is 13.2 Å². The number of carbonyl (C=O) groups excluding carboxylic acids is 1. The van der Waals surface area contributed by atoms with Gasteiger partial charge in [0.1, 0.15) is 11.8 Å². The lowest BCUT2D eigenvalue weighted by molar-refractivity contribution is -0.120. The summed E-state index contributed by atoms with van der Waals surface area (Å²) in [5.41, 5.74) is 1.05. The minimum atomic E-state index is -4.06. The lowest BCUT2D eigenvalue weighted by Crippen LogP contribution is -2.32. The molecule has 0 bridgehead atoms. The van der Waals surface area contributed by atoms with E-state index in [-0.39, 0.29) is 21.4 Å². The largest absolute Gasteiger partial charge is 0.496 e. The molecule has 0 saturated heterocycles. The Morgan fingerprint density at radius 3 is 2.69 bits per heavy atom. The highest BCUT2D eigenvalue weighted by Crippen LogP contribution is 2.50. The van der Waals surface area contributed by atoms with Gasteiger partial charge in [0.2, 0.25) is 5.91 Å². The lowest BCUT2D eigenvalue weighted by Gasteiger charge is -2.09. The van der Waals surface area contributed by atoms with Crippen LogP contribution < -0.4 is 9.46 Å². The second kappa shape index (κ2) is 6.98. The maximum Gasteiger partial charge on any atom is 0.264 e. The number of benzene rings is 2. The molecule has 0 unspecified atom stereocenters. The maximum absolute atomic E-state index is 12.4. The molecule has 0 heterocycles. The molecule has 26 heavy (non-hydrogen) atoms. The number of sulfonamides is 1. The molecule has 1 N–H and O–H groups in total. The number of carbonyl (C=O) groups is 1. The van der Waals surface area contributed by atoms with E-state index >= 15 is 0 Å².